The number of amides is 1. The van der Waals surface area contributed by atoms with E-state index in [4.69, 9.17) is 0 Å². The second-order valence-corrected chi connectivity index (χ2v) is 7.95. The first kappa shape index (κ1) is 17.1. The summed E-state index contributed by atoms with van der Waals surface area (Å²) in [6.45, 7) is 9.05. The highest BCUT2D eigenvalue weighted by Gasteiger charge is 2.23. The van der Waals surface area contributed by atoms with E-state index in [9.17, 15) is 4.79 Å². The number of aryl methyl sites for hydroxylation is 1. The van der Waals surface area contributed by atoms with Crippen LogP contribution in [0.5, 0.6) is 0 Å². The molecule has 0 unspecified atom stereocenters. The topological polar surface area (TPSA) is 45.2 Å². The number of likely N-dealkylation sites (tertiary alicyclic amines) is 1. The van der Waals surface area contributed by atoms with Crippen LogP contribution < -0.4 is 5.32 Å². The smallest absolute Gasteiger partial charge is 0.240 e. The van der Waals surface area contributed by atoms with Crippen LogP contribution in [0.4, 0.5) is 5.13 Å². The fourth-order valence-electron chi connectivity index (χ4n) is 3.47. The SMILES string of the molecule is Cc1ccc(-c2csc(NC(=O)CN3C[C@@H](C)C[C@H](C)C3)n2)cc1. The molecule has 2 atom stereocenters. The molecule has 24 heavy (non-hydrogen) atoms. The summed E-state index contributed by atoms with van der Waals surface area (Å²) in [5, 5.41) is 5.61. The van der Waals surface area contributed by atoms with Crippen LogP contribution in [0.3, 0.4) is 0 Å². The molecule has 1 saturated heterocycles. The molecule has 1 aromatic heterocycles. The number of benzene rings is 1. The molecular formula is C19H25N3OS. The van der Waals surface area contributed by atoms with Gasteiger partial charge in [-0.15, -0.1) is 11.3 Å². The van der Waals surface area contributed by atoms with Crippen LogP contribution in [0, 0.1) is 18.8 Å². The Morgan fingerprint density at radius 2 is 1.92 bits per heavy atom. The van der Waals surface area contributed by atoms with Crippen LogP contribution in [0.15, 0.2) is 29.6 Å². The predicted octanol–water partition coefficient (Wildman–Crippen LogP) is 4.03. The molecule has 3 rings (SSSR count). The Kier molecular flexibility index (Phi) is 5.31. The number of aromatic nitrogens is 1. The van der Waals surface area contributed by atoms with Crippen molar-refractivity contribution in [2.75, 3.05) is 25.0 Å². The lowest BCUT2D eigenvalue weighted by Crippen LogP contribution is -2.42. The maximum Gasteiger partial charge on any atom is 0.240 e. The van der Waals surface area contributed by atoms with Crippen LogP contribution in [-0.2, 0) is 4.79 Å². The highest BCUT2D eigenvalue weighted by molar-refractivity contribution is 7.14. The Morgan fingerprint density at radius 1 is 1.25 bits per heavy atom. The number of carbonyl (C=O) groups excluding carboxylic acids is 1. The summed E-state index contributed by atoms with van der Waals surface area (Å²) in [5.74, 6) is 1.35. The summed E-state index contributed by atoms with van der Waals surface area (Å²) >= 11 is 1.48. The molecule has 1 N–H and O–H groups in total. The van der Waals surface area contributed by atoms with E-state index in [1.54, 1.807) is 0 Å². The lowest BCUT2D eigenvalue weighted by atomic mass is 9.92. The summed E-state index contributed by atoms with van der Waals surface area (Å²) in [7, 11) is 0. The fourth-order valence-corrected chi connectivity index (χ4v) is 4.21. The van der Waals surface area contributed by atoms with Gasteiger partial charge in [0.1, 0.15) is 0 Å². The first-order chi connectivity index (χ1) is 11.5. The Hall–Kier alpha value is -1.72. The monoisotopic (exact) mass is 343 g/mol. The van der Waals surface area contributed by atoms with Crippen molar-refractivity contribution < 1.29 is 4.79 Å². The lowest BCUT2D eigenvalue weighted by Gasteiger charge is -2.34. The first-order valence-electron chi connectivity index (χ1n) is 8.54. The largest absolute Gasteiger partial charge is 0.301 e. The second kappa shape index (κ2) is 7.45. The van der Waals surface area contributed by atoms with E-state index in [0.717, 1.165) is 24.3 Å². The molecular weight excluding hydrogens is 318 g/mol. The van der Waals surface area contributed by atoms with Gasteiger partial charge in [0.25, 0.3) is 0 Å². The molecule has 1 aliphatic rings. The second-order valence-electron chi connectivity index (χ2n) is 7.09. The van der Waals surface area contributed by atoms with Gasteiger partial charge >= 0.3 is 0 Å². The van der Waals surface area contributed by atoms with E-state index in [0.29, 0.717) is 23.5 Å². The normalized spacial score (nSPS) is 21.6. The summed E-state index contributed by atoms with van der Waals surface area (Å²) in [6.07, 6.45) is 1.25. The van der Waals surface area contributed by atoms with Crippen LogP contribution in [0.2, 0.25) is 0 Å². The predicted molar refractivity (Wildman–Crippen MR) is 100 cm³/mol. The molecule has 5 heteroatoms. The molecule has 1 amide bonds. The van der Waals surface area contributed by atoms with Gasteiger partial charge in [0.05, 0.1) is 12.2 Å². The van der Waals surface area contributed by atoms with Crippen molar-refractivity contribution in [3.8, 4) is 11.3 Å². The number of piperidine rings is 1. The van der Waals surface area contributed by atoms with Crippen molar-refractivity contribution in [1.29, 1.82) is 0 Å². The van der Waals surface area contributed by atoms with Gasteiger partial charge < -0.3 is 5.32 Å². The van der Waals surface area contributed by atoms with E-state index in [2.05, 4.69) is 60.2 Å². The average Bonchev–Trinajstić information content (AvgIpc) is 2.95. The summed E-state index contributed by atoms with van der Waals surface area (Å²) in [6, 6.07) is 8.27. The third-order valence-corrected chi connectivity index (χ3v) is 5.17. The van der Waals surface area contributed by atoms with Gasteiger partial charge in [-0.25, -0.2) is 4.98 Å². The molecule has 0 saturated carbocycles. The molecule has 1 aliphatic heterocycles. The summed E-state index contributed by atoms with van der Waals surface area (Å²) in [4.78, 5) is 19.1. The van der Waals surface area contributed by atoms with Gasteiger partial charge in [0.15, 0.2) is 5.13 Å². The minimum absolute atomic E-state index is 0.0288. The molecule has 4 nitrogen and oxygen atoms in total. The fraction of sp³-hybridized carbons (Fsp3) is 0.474. The van der Waals surface area contributed by atoms with E-state index in [-0.39, 0.29) is 5.91 Å². The average molecular weight is 343 g/mol. The minimum atomic E-state index is 0.0288. The number of anilines is 1. The maximum atomic E-state index is 12.3. The van der Waals surface area contributed by atoms with Gasteiger partial charge in [-0.3, -0.25) is 9.69 Å². The van der Waals surface area contributed by atoms with Crippen LogP contribution in [-0.4, -0.2) is 35.4 Å². The van der Waals surface area contributed by atoms with E-state index >= 15 is 0 Å². The highest BCUT2D eigenvalue weighted by Crippen LogP contribution is 2.25. The lowest BCUT2D eigenvalue weighted by molar-refractivity contribution is -0.117. The molecule has 0 radical (unpaired) electrons. The number of nitrogens with zero attached hydrogens (tertiary/aromatic N) is 2. The Morgan fingerprint density at radius 3 is 2.58 bits per heavy atom. The highest BCUT2D eigenvalue weighted by atomic mass is 32.1. The number of hydrogen-bond donors (Lipinski definition) is 1. The van der Waals surface area contributed by atoms with Crippen molar-refractivity contribution >= 4 is 22.4 Å². The molecule has 1 fully saturated rings. The zero-order valence-electron chi connectivity index (χ0n) is 14.6. The quantitative estimate of drug-likeness (QED) is 0.911. The molecule has 0 spiro atoms. The standard InChI is InChI=1S/C19H25N3OS/c1-13-4-6-16(7-5-13)17-12-24-19(20-17)21-18(23)11-22-9-14(2)8-15(3)10-22/h4-7,12,14-15H,8-11H2,1-3H3,(H,20,21,23)/t14-,15-/m0/s1. The zero-order chi connectivity index (χ0) is 17.1. The van der Waals surface area contributed by atoms with Crippen molar-refractivity contribution in [3.05, 3.63) is 35.2 Å². The number of thiazole rings is 1. The molecule has 0 bridgehead atoms. The number of rotatable bonds is 4. The van der Waals surface area contributed by atoms with Gasteiger partial charge in [-0.2, -0.15) is 0 Å². The van der Waals surface area contributed by atoms with E-state index in [1.165, 1.54) is 23.3 Å². The summed E-state index contributed by atoms with van der Waals surface area (Å²) in [5.41, 5.74) is 3.22. The Bertz CT molecular complexity index is 685. The minimum Gasteiger partial charge on any atom is -0.301 e. The number of nitrogens with one attached hydrogen (secondary N) is 1. The van der Waals surface area contributed by atoms with Crippen molar-refractivity contribution in [2.24, 2.45) is 11.8 Å². The maximum absolute atomic E-state index is 12.3. The van der Waals surface area contributed by atoms with E-state index in [1.807, 2.05) is 5.38 Å². The van der Waals surface area contributed by atoms with Gasteiger partial charge in [-0.1, -0.05) is 43.7 Å². The first-order valence-corrected chi connectivity index (χ1v) is 9.42. The molecule has 2 aromatic rings. The van der Waals surface area contributed by atoms with Crippen molar-refractivity contribution in [2.45, 2.75) is 27.2 Å². The molecule has 2 heterocycles. The Labute approximate surface area is 147 Å². The zero-order valence-corrected chi connectivity index (χ0v) is 15.4. The molecule has 128 valence electrons. The third-order valence-electron chi connectivity index (χ3n) is 4.41. The molecule has 1 aromatic carbocycles. The van der Waals surface area contributed by atoms with Crippen LogP contribution in [0.1, 0.15) is 25.8 Å². The van der Waals surface area contributed by atoms with Gasteiger partial charge in [0.2, 0.25) is 5.91 Å². The summed E-state index contributed by atoms with van der Waals surface area (Å²) < 4.78 is 0. The number of hydrogen-bond acceptors (Lipinski definition) is 4. The van der Waals surface area contributed by atoms with Gasteiger partial charge in [-0.05, 0) is 25.2 Å². The van der Waals surface area contributed by atoms with Crippen LogP contribution in [0.25, 0.3) is 11.3 Å². The van der Waals surface area contributed by atoms with Crippen LogP contribution >= 0.6 is 11.3 Å². The molecule has 0 aliphatic carbocycles. The van der Waals surface area contributed by atoms with Crippen molar-refractivity contribution in [3.63, 3.8) is 0 Å². The Balaban J connectivity index is 1.58. The third kappa shape index (κ3) is 4.42. The number of carbonyl (C=O) groups is 1. The van der Waals surface area contributed by atoms with Crippen molar-refractivity contribution in [1.82, 2.24) is 9.88 Å². The van der Waals surface area contributed by atoms with E-state index < -0.39 is 0 Å². The van der Waals surface area contributed by atoms with Gasteiger partial charge in [0, 0.05) is 24.0 Å².